The minimum Gasteiger partial charge on any atom is -0.465 e. The van der Waals surface area contributed by atoms with Crippen LogP contribution in [0.3, 0.4) is 0 Å². The van der Waals surface area contributed by atoms with Gasteiger partial charge in [0.05, 0.1) is 32.4 Å². The van der Waals surface area contributed by atoms with E-state index >= 15 is 0 Å². The topological polar surface area (TPSA) is 30.9 Å². The van der Waals surface area contributed by atoms with Gasteiger partial charge in [0.2, 0.25) is 0 Å². The summed E-state index contributed by atoms with van der Waals surface area (Å²) in [6.45, 7) is 6.83. The van der Waals surface area contributed by atoms with Crippen molar-refractivity contribution in [3.8, 4) is 0 Å². The molecule has 0 bridgehead atoms. The van der Waals surface area contributed by atoms with Gasteiger partial charge in [-0.2, -0.15) is 5.06 Å². The molecule has 148 valence electrons. The second-order valence-corrected chi connectivity index (χ2v) is 8.67. The first-order valence-corrected chi connectivity index (χ1v) is 10.0. The van der Waals surface area contributed by atoms with Gasteiger partial charge in [-0.05, 0) is 29.7 Å². The third-order valence-corrected chi connectivity index (χ3v) is 5.36. The van der Waals surface area contributed by atoms with Gasteiger partial charge in [0.25, 0.3) is 5.95 Å². The van der Waals surface area contributed by atoms with Gasteiger partial charge in [-0.3, -0.25) is 4.84 Å². The number of hydrogen-bond donors (Lipinski definition) is 0. The lowest BCUT2D eigenvalue weighted by molar-refractivity contribution is -0.179. The van der Waals surface area contributed by atoms with Gasteiger partial charge in [0, 0.05) is 16.0 Å². The van der Waals surface area contributed by atoms with E-state index in [2.05, 4.69) is 38.1 Å². The quantitative estimate of drug-likeness (QED) is 0.678. The summed E-state index contributed by atoms with van der Waals surface area (Å²) < 4.78 is 11.9. The molecule has 1 unspecified atom stereocenters. The van der Waals surface area contributed by atoms with E-state index in [9.17, 15) is 0 Å². The molecule has 0 spiro atoms. The molecule has 2 aliphatic rings. The summed E-state index contributed by atoms with van der Waals surface area (Å²) in [5.74, 6) is 0.670. The van der Waals surface area contributed by atoms with Gasteiger partial charge >= 0.3 is 0 Å². The van der Waals surface area contributed by atoms with Crippen LogP contribution in [0.4, 0.5) is 0 Å². The number of ether oxygens (including phenoxy) is 2. The maximum absolute atomic E-state index is 6.20. The van der Waals surface area contributed by atoms with E-state index in [4.69, 9.17) is 25.9 Å². The van der Waals surface area contributed by atoms with E-state index in [1.165, 1.54) is 5.56 Å². The average Bonchev–Trinajstić information content (AvgIpc) is 3.12. The molecular weight excluding hydrogens is 374 g/mol. The molecule has 5 heteroatoms. The standard InChI is InChI=1S/C23H26ClNO3/c1-23(2)15-26-22(27-16-23)19-12-21(18-8-10-20(24)11-9-18)25(13-19)28-14-17-6-4-3-5-7-17/h3-11,21H,12-16H2,1-2H3. The number of hydroxylamine groups is 2. The van der Waals surface area contributed by atoms with E-state index in [1.807, 2.05) is 35.4 Å². The van der Waals surface area contributed by atoms with Gasteiger partial charge in [-0.25, -0.2) is 0 Å². The Morgan fingerprint density at radius 3 is 2.39 bits per heavy atom. The van der Waals surface area contributed by atoms with Crippen LogP contribution in [0.2, 0.25) is 5.02 Å². The number of benzene rings is 2. The largest absolute Gasteiger partial charge is 0.465 e. The minimum absolute atomic E-state index is 0.0434. The van der Waals surface area contributed by atoms with Crippen LogP contribution in [-0.4, -0.2) is 24.8 Å². The zero-order valence-electron chi connectivity index (χ0n) is 16.4. The van der Waals surface area contributed by atoms with Gasteiger partial charge in [-0.1, -0.05) is 67.9 Å². The highest BCUT2D eigenvalue weighted by molar-refractivity contribution is 6.30. The molecule has 28 heavy (non-hydrogen) atoms. The molecule has 2 aliphatic heterocycles. The fourth-order valence-electron chi connectivity index (χ4n) is 3.49. The predicted octanol–water partition coefficient (Wildman–Crippen LogP) is 5.50. The van der Waals surface area contributed by atoms with Gasteiger partial charge < -0.3 is 9.47 Å². The molecule has 0 amide bonds. The molecule has 0 saturated carbocycles. The van der Waals surface area contributed by atoms with E-state index in [0.717, 1.165) is 22.6 Å². The summed E-state index contributed by atoms with van der Waals surface area (Å²) in [5.41, 5.74) is 3.50. The second kappa shape index (κ2) is 8.16. The molecule has 4 rings (SSSR count). The van der Waals surface area contributed by atoms with Crippen LogP contribution in [0, 0.1) is 5.41 Å². The van der Waals surface area contributed by atoms with Crippen molar-refractivity contribution in [3.05, 3.63) is 82.3 Å². The van der Waals surface area contributed by atoms with Crippen molar-refractivity contribution < 1.29 is 14.3 Å². The number of rotatable bonds is 4. The maximum atomic E-state index is 6.20. The fraction of sp³-hybridized carbons (Fsp3) is 0.391. The summed E-state index contributed by atoms with van der Waals surface area (Å²) in [5, 5.41) is 2.77. The summed E-state index contributed by atoms with van der Waals surface area (Å²) in [6.07, 6.45) is 0.812. The molecule has 2 saturated heterocycles. The first kappa shape index (κ1) is 19.3. The summed E-state index contributed by atoms with van der Waals surface area (Å²) >= 11 is 6.08. The van der Waals surface area contributed by atoms with Crippen molar-refractivity contribution in [2.45, 2.75) is 32.9 Å². The lowest BCUT2D eigenvalue weighted by atomic mass is 9.95. The summed E-state index contributed by atoms with van der Waals surface area (Å²) in [6, 6.07) is 18.3. The predicted molar refractivity (Wildman–Crippen MR) is 109 cm³/mol. The lowest BCUT2D eigenvalue weighted by Gasteiger charge is -2.32. The molecule has 2 aromatic rings. The van der Waals surface area contributed by atoms with Crippen molar-refractivity contribution >= 4 is 11.6 Å². The number of nitrogens with zero attached hydrogens (tertiary/aromatic N) is 1. The summed E-state index contributed by atoms with van der Waals surface area (Å²) in [4.78, 5) is 6.20. The van der Waals surface area contributed by atoms with Crippen molar-refractivity contribution in [2.24, 2.45) is 5.41 Å². The van der Waals surface area contributed by atoms with Crippen LogP contribution in [0.1, 0.15) is 37.4 Å². The molecular formula is C23H26ClNO3. The Morgan fingerprint density at radius 2 is 1.71 bits per heavy atom. The molecule has 1 atom stereocenters. The van der Waals surface area contributed by atoms with E-state index < -0.39 is 0 Å². The van der Waals surface area contributed by atoms with Crippen LogP contribution in [-0.2, 0) is 20.9 Å². The highest BCUT2D eigenvalue weighted by Crippen LogP contribution is 2.39. The molecule has 0 aromatic heterocycles. The summed E-state index contributed by atoms with van der Waals surface area (Å²) in [7, 11) is 0. The Hall–Kier alpha value is -2.01. The van der Waals surface area contributed by atoms with Crippen LogP contribution < -0.4 is 0 Å². The molecule has 2 heterocycles. The van der Waals surface area contributed by atoms with Crippen LogP contribution in [0.15, 0.2) is 66.1 Å². The normalized spacial score (nSPS) is 22.0. The van der Waals surface area contributed by atoms with Gasteiger partial charge in [-0.15, -0.1) is 0 Å². The zero-order chi connectivity index (χ0) is 19.6. The van der Waals surface area contributed by atoms with Crippen molar-refractivity contribution in [1.82, 2.24) is 5.06 Å². The monoisotopic (exact) mass is 399 g/mol. The van der Waals surface area contributed by atoms with E-state index in [1.54, 1.807) is 0 Å². The molecule has 0 radical (unpaired) electrons. The zero-order valence-corrected chi connectivity index (χ0v) is 17.1. The Kier molecular flexibility index (Phi) is 5.63. The second-order valence-electron chi connectivity index (χ2n) is 8.24. The molecule has 2 aromatic carbocycles. The Morgan fingerprint density at radius 1 is 1.04 bits per heavy atom. The van der Waals surface area contributed by atoms with Gasteiger partial charge in [0.1, 0.15) is 0 Å². The Labute approximate surface area is 171 Å². The highest BCUT2D eigenvalue weighted by Gasteiger charge is 2.36. The number of halogens is 1. The third-order valence-electron chi connectivity index (χ3n) is 5.11. The smallest absolute Gasteiger partial charge is 0.279 e. The molecule has 0 N–H and O–H groups in total. The number of hydrogen-bond acceptors (Lipinski definition) is 4. The first-order chi connectivity index (χ1) is 13.5. The van der Waals surface area contributed by atoms with Crippen LogP contribution >= 0.6 is 11.6 Å². The lowest BCUT2D eigenvalue weighted by Crippen LogP contribution is -2.31. The molecule has 4 nitrogen and oxygen atoms in total. The Bertz CT molecular complexity index is 821. The van der Waals surface area contributed by atoms with Crippen LogP contribution in [0.25, 0.3) is 0 Å². The average molecular weight is 400 g/mol. The highest BCUT2D eigenvalue weighted by atomic mass is 35.5. The molecule has 2 fully saturated rings. The van der Waals surface area contributed by atoms with E-state index in [-0.39, 0.29) is 11.5 Å². The van der Waals surface area contributed by atoms with Crippen molar-refractivity contribution in [1.29, 1.82) is 0 Å². The van der Waals surface area contributed by atoms with Gasteiger partial charge in [0.15, 0.2) is 0 Å². The van der Waals surface area contributed by atoms with Crippen LogP contribution in [0.5, 0.6) is 0 Å². The molecule has 0 aliphatic carbocycles. The van der Waals surface area contributed by atoms with Crippen molar-refractivity contribution in [2.75, 3.05) is 19.8 Å². The fourth-order valence-corrected chi connectivity index (χ4v) is 3.62. The maximum Gasteiger partial charge on any atom is 0.279 e. The van der Waals surface area contributed by atoms with Crippen molar-refractivity contribution in [3.63, 3.8) is 0 Å². The Balaban J connectivity index is 1.53. The van der Waals surface area contributed by atoms with E-state index in [0.29, 0.717) is 32.3 Å². The minimum atomic E-state index is 0.0434. The first-order valence-electron chi connectivity index (χ1n) is 9.67. The third kappa shape index (κ3) is 4.52. The SMILES string of the molecule is CC1(C)COC(=C2CC(c3ccc(Cl)cc3)N(OCc3ccccc3)C2)OC1.